The zero-order chi connectivity index (χ0) is 12.7. The van der Waals surface area contributed by atoms with E-state index in [0.717, 1.165) is 6.54 Å². The fourth-order valence-corrected chi connectivity index (χ4v) is 2.57. The van der Waals surface area contributed by atoms with E-state index in [1.165, 1.54) is 13.2 Å². The maximum absolute atomic E-state index is 12.0. The van der Waals surface area contributed by atoms with Gasteiger partial charge in [0.2, 0.25) is 10.0 Å². The lowest BCUT2D eigenvalue weighted by atomic mass is 10.3. The van der Waals surface area contributed by atoms with Gasteiger partial charge in [0.15, 0.2) is 0 Å². The van der Waals surface area contributed by atoms with Crippen LogP contribution >= 0.6 is 12.4 Å². The summed E-state index contributed by atoms with van der Waals surface area (Å²) >= 11 is 0. The van der Waals surface area contributed by atoms with Gasteiger partial charge in [-0.3, -0.25) is 0 Å². The van der Waals surface area contributed by atoms with Crippen LogP contribution in [-0.4, -0.2) is 35.2 Å². The van der Waals surface area contributed by atoms with Gasteiger partial charge in [0.1, 0.15) is 10.6 Å². The van der Waals surface area contributed by atoms with Crippen molar-refractivity contribution in [3.05, 3.63) is 24.3 Å². The number of sulfonamides is 1. The molecule has 0 heterocycles. The Labute approximate surface area is 114 Å². The van der Waals surface area contributed by atoms with E-state index in [4.69, 9.17) is 4.74 Å². The number of likely N-dealkylation sites (N-methyl/N-ethyl adjacent to an activating group) is 1. The molecule has 104 valence electrons. The zero-order valence-electron chi connectivity index (χ0n) is 10.5. The standard InChI is InChI=1S/C11H18N2O3S.ClH/c1-3-12-8-9-13-17(14,15)11-7-5-4-6-10(11)16-2;/h4-7,12-13H,3,8-9H2,1-2H3;1H. The van der Waals surface area contributed by atoms with Crippen LogP contribution in [0, 0.1) is 0 Å². The monoisotopic (exact) mass is 294 g/mol. The molecule has 0 bridgehead atoms. The van der Waals surface area contributed by atoms with Crippen molar-refractivity contribution in [2.45, 2.75) is 11.8 Å². The van der Waals surface area contributed by atoms with E-state index in [1.54, 1.807) is 18.2 Å². The van der Waals surface area contributed by atoms with Gasteiger partial charge >= 0.3 is 0 Å². The topological polar surface area (TPSA) is 67.4 Å². The number of hydrogen-bond acceptors (Lipinski definition) is 4. The molecule has 0 aliphatic carbocycles. The second-order valence-electron chi connectivity index (χ2n) is 3.40. The van der Waals surface area contributed by atoms with E-state index in [0.29, 0.717) is 18.8 Å². The number of benzene rings is 1. The van der Waals surface area contributed by atoms with Gasteiger partial charge in [-0.05, 0) is 18.7 Å². The Morgan fingerprint density at radius 1 is 1.22 bits per heavy atom. The van der Waals surface area contributed by atoms with E-state index in [1.807, 2.05) is 6.92 Å². The number of ether oxygens (including phenoxy) is 1. The maximum atomic E-state index is 12.0. The number of hydrogen-bond donors (Lipinski definition) is 2. The van der Waals surface area contributed by atoms with E-state index < -0.39 is 10.0 Å². The van der Waals surface area contributed by atoms with Gasteiger partial charge < -0.3 is 10.1 Å². The van der Waals surface area contributed by atoms with Crippen LogP contribution in [0.4, 0.5) is 0 Å². The molecule has 0 saturated heterocycles. The van der Waals surface area contributed by atoms with Crippen LogP contribution in [0.5, 0.6) is 5.75 Å². The molecular formula is C11H19ClN2O3S. The predicted octanol–water partition coefficient (Wildman–Crippen LogP) is 1.00. The quantitative estimate of drug-likeness (QED) is 0.737. The van der Waals surface area contributed by atoms with E-state index >= 15 is 0 Å². The Morgan fingerprint density at radius 2 is 1.89 bits per heavy atom. The van der Waals surface area contributed by atoms with Gasteiger partial charge in [-0.25, -0.2) is 13.1 Å². The smallest absolute Gasteiger partial charge is 0.244 e. The Hall–Kier alpha value is -0.820. The van der Waals surface area contributed by atoms with Crippen molar-refractivity contribution in [2.75, 3.05) is 26.7 Å². The van der Waals surface area contributed by atoms with Crippen LogP contribution in [-0.2, 0) is 10.0 Å². The number of rotatable bonds is 7. The van der Waals surface area contributed by atoms with Crippen LogP contribution < -0.4 is 14.8 Å². The molecule has 1 aromatic rings. The minimum Gasteiger partial charge on any atom is -0.495 e. The van der Waals surface area contributed by atoms with Gasteiger partial charge in [-0.1, -0.05) is 19.1 Å². The molecule has 5 nitrogen and oxygen atoms in total. The second-order valence-corrected chi connectivity index (χ2v) is 5.14. The molecule has 0 atom stereocenters. The van der Waals surface area contributed by atoms with Crippen molar-refractivity contribution in [3.63, 3.8) is 0 Å². The fourth-order valence-electron chi connectivity index (χ4n) is 1.37. The molecule has 0 unspecified atom stereocenters. The summed E-state index contributed by atoms with van der Waals surface area (Å²) in [5.74, 6) is 0.350. The first-order valence-electron chi connectivity index (χ1n) is 5.45. The van der Waals surface area contributed by atoms with Crippen LogP contribution in [0.3, 0.4) is 0 Å². The Morgan fingerprint density at radius 3 is 2.50 bits per heavy atom. The summed E-state index contributed by atoms with van der Waals surface area (Å²) in [6.07, 6.45) is 0. The number of para-hydroxylation sites is 1. The lowest BCUT2D eigenvalue weighted by Gasteiger charge is -2.10. The number of nitrogens with one attached hydrogen (secondary N) is 2. The minimum atomic E-state index is -3.50. The van der Waals surface area contributed by atoms with Crippen molar-refractivity contribution in [3.8, 4) is 5.75 Å². The van der Waals surface area contributed by atoms with Crippen LogP contribution in [0.25, 0.3) is 0 Å². The molecule has 0 aliphatic rings. The van der Waals surface area contributed by atoms with Crippen molar-refractivity contribution < 1.29 is 13.2 Å². The third-order valence-corrected chi connectivity index (χ3v) is 3.70. The number of halogens is 1. The SMILES string of the molecule is CCNCCNS(=O)(=O)c1ccccc1OC.Cl. The molecule has 0 fully saturated rings. The summed E-state index contributed by atoms with van der Waals surface area (Å²) < 4.78 is 31.5. The highest BCUT2D eigenvalue weighted by atomic mass is 35.5. The molecule has 0 saturated carbocycles. The third kappa shape index (κ3) is 4.81. The molecule has 0 radical (unpaired) electrons. The summed E-state index contributed by atoms with van der Waals surface area (Å²) in [5, 5.41) is 3.04. The first kappa shape index (κ1) is 17.2. The molecule has 7 heteroatoms. The van der Waals surface area contributed by atoms with Crippen LogP contribution in [0.2, 0.25) is 0 Å². The molecule has 0 spiro atoms. The summed E-state index contributed by atoms with van der Waals surface area (Å²) in [6, 6.07) is 6.55. The van der Waals surface area contributed by atoms with Crippen molar-refractivity contribution in [2.24, 2.45) is 0 Å². The maximum Gasteiger partial charge on any atom is 0.244 e. The number of methoxy groups -OCH3 is 1. The summed E-state index contributed by atoms with van der Waals surface area (Å²) in [6.45, 7) is 3.74. The average molecular weight is 295 g/mol. The van der Waals surface area contributed by atoms with Gasteiger partial charge in [0, 0.05) is 13.1 Å². The molecule has 0 aromatic heterocycles. The van der Waals surface area contributed by atoms with Gasteiger partial charge in [-0.2, -0.15) is 0 Å². The average Bonchev–Trinajstić information content (AvgIpc) is 2.34. The Bertz CT molecular complexity index is 451. The highest BCUT2D eigenvalue weighted by molar-refractivity contribution is 7.89. The molecule has 0 amide bonds. The van der Waals surface area contributed by atoms with E-state index in [9.17, 15) is 8.42 Å². The van der Waals surface area contributed by atoms with E-state index in [-0.39, 0.29) is 17.3 Å². The lowest BCUT2D eigenvalue weighted by Crippen LogP contribution is -2.31. The third-order valence-electron chi connectivity index (χ3n) is 2.20. The molecule has 0 aliphatic heterocycles. The molecule has 18 heavy (non-hydrogen) atoms. The zero-order valence-corrected chi connectivity index (χ0v) is 12.1. The first-order valence-corrected chi connectivity index (χ1v) is 6.93. The Balaban J connectivity index is 0.00000289. The van der Waals surface area contributed by atoms with Crippen LogP contribution in [0.1, 0.15) is 6.92 Å². The predicted molar refractivity (Wildman–Crippen MR) is 74.0 cm³/mol. The first-order chi connectivity index (χ1) is 8.11. The van der Waals surface area contributed by atoms with Gasteiger partial charge in [0.05, 0.1) is 7.11 Å². The molecule has 1 rings (SSSR count). The summed E-state index contributed by atoms with van der Waals surface area (Å²) in [7, 11) is -2.05. The normalized spacial score (nSPS) is 10.8. The highest BCUT2D eigenvalue weighted by Crippen LogP contribution is 2.22. The van der Waals surface area contributed by atoms with Gasteiger partial charge in [0.25, 0.3) is 0 Å². The Kier molecular flexibility index (Phi) is 7.93. The lowest BCUT2D eigenvalue weighted by molar-refractivity contribution is 0.402. The molecule has 1 aromatic carbocycles. The van der Waals surface area contributed by atoms with Crippen LogP contribution in [0.15, 0.2) is 29.2 Å². The molecule has 2 N–H and O–H groups in total. The fraction of sp³-hybridized carbons (Fsp3) is 0.455. The van der Waals surface area contributed by atoms with E-state index in [2.05, 4.69) is 10.0 Å². The molecular weight excluding hydrogens is 276 g/mol. The minimum absolute atomic E-state index is 0. The van der Waals surface area contributed by atoms with Crippen molar-refractivity contribution >= 4 is 22.4 Å². The largest absolute Gasteiger partial charge is 0.495 e. The van der Waals surface area contributed by atoms with Crippen molar-refractivity contribution in [1.29, 1.82) is 0 Å². The van der Waals surface area contributed by atoms with Gasteiger partial charge in [-0.15, -0.1) is 12.4 Å². The summed E-state index contributed by atoms with van der Waals surface area (Å²) in [4.78, 5) is 0.166. The summed E-state index contributed by atoms with van der Waals surface area (Å²) in [5.41, 5.74) is 0. The van der Waals surface area contributed by atoms with Crippen molar-refractivity contribution in [1.82, 2.24) is 10.0 Å². The second kappa shape index (κ2) is 8.31. The highest BCUT2D eigenvalue weighted by Gasteiger charge is 2.17.